The van der Waals surface area contributed by atoms with Crippen molar-refractivity contribution in [2.75, 3.05) is 19.6 Å². The molecule has 1 unspecified atom stereocenters. The van der Waals surface area contributed by atoms with E-state index < -0.39 is 0 Å². The highest BCUT2D eigenvalue weighted by atomic mass is 16.4. The quantitative estimate of drug-likeness (QED) is 0.862. The van der Waals surface area contributed by atoms with Gasteiger partial charge in [-0.15, -0.1) is 0 Å². The van der Waals surface area contributed by atoms with Gasteiger partial charge in [0.1, 0.15) is 5.76 Å². The van der Waals surface area contributed by atoms with Crippen LogP contribution in [0.1, 0.15) is 43.2 Å². The van der Waals surface area contributed by atoms with E-state index in [1.54, 1.807) is 0 Å². The Morgan fingerprint density at radius 1 is 1.23 bits per heavy atom. The lowest BCUT2D eigenvalue weighted by Crippen LogP contribution is -2.44. The van der Waals surface area contributed by atoms with E-state index >= 15 is 0 Å². The molecular formula is C21H29N3O2. The van der Waals surface area contributed by atoms with Gasteiger partial charge < -0.3 is 9.73 Å². The zero-order valence-electron chi connectivity index (χ0n) is 16.0. The first-order chi connectivity index (χ1) is 12.5. The summed E-state index contributed by atoms with van der Waals surface area (Å²) in [7, 11) is 0. The molecule has 3 rings (SSSR count). The third-order valence-electron chi connectivity index (χ3n) is 5.20. The number of amides is 1. The maximum absolute atomic E-state index is 12.4. The van der Waals surface area contributed by atoms with Crippen molar-refractivity contribution >= 4 is 5.91 Å². The molecule has 0 aliphatic carbocycles. The smallest absolute Gasteiger partial charge is 0.226 e. The molecule has 1 N–H and O–H groups in total. The highest BCUT2D eigenvalue weighted by Crippen LogP contribution is 2.24. The van der Waals surface area contributed by atoms with Crippen molar-refractivity contribution in [1.29, 1.82) is 0 Å². The number of rotatable bonds is 6. The Morgan fingerprint density at radius 3 is 2.69 bits per heavy atom. The van der Waals surface area contributed by atoms with Crippen molar-refractivity contribution < 1.29 is 9.21 Å². The van der Waals surface area contributed by atoms with E-state index in [2.05, 4.69) is 22.1 Å². The molecule has 26 heavy (non-hydrogen) atoms. The van der Waals surface area contributed by atoms with Gasteiger partial charge in [0, 0.05) is 18.2 Å². The molecule has 5 heteroatoms. The summed E-state index contributed by atoms with van der Waals surface area (Å²) >= 11 is 0. The fraction of sp³-hybridized carbons (Fsp3) is 0.524. The van der Waals surface area contributed by atoms with Gasteiger partial charge in [-0.3, -0.25) is 9.69 Å². The summed E-state index contributed by atoms with van der Waals surface area (Å²) in [6.45, 7) is 9.04. The predicted octanol–water partition coefficient (Wildman–Crippen LogP) is 3.49. The minimum atomic E-state index is 0.00148. The van der Waals surface area contributed by atoms with E-state index in [4.69, 9.17) is 4.42 Å². The van der Waals surface area contributed by atoms with E-state index in [0.29, 0.717) is 29.9 Å². The highest BCUT2D eigenvalue weighted by Gasteiger charge is 2.19. The molecule has 1 aromatic heterocycles. The third kappa shape index (κ3) is 4.52. The normalized spacial score (nSPS) is 16.4. The molecule has 1 aromatic carbocycles. The number of carbonyl (C=O) groups is 1. The van der Waals surface area contributed by atoms with Gasteiger partial charge in [-0.1, -0.05) is 24.6 Å². The van der Waals surface area contributed by atoms with Crippen molar-refractivity contribution in [3.05, 3.63) is 41.3 Å². The number of aromatic nitrogens is 1. The molecule has 1 aliphatic rings. The fourth-order valence-electron chi connectivity index (χ4n) is 3.48. The summed E-state index contributed by atoms with van der Waals surface area (Å²) in [6.07, 6.45) is 4.11. The van der Waals surface area contributed by atoms with Gasteiger partial charge in [0.05, 0.1) is 12.1 Å². The lowest BCUT2D eigenvalue weighted by Gasteiger charge is -2.32. The molecule has 2 heterocycles. The Bertz CT molecular complexity index is 747. The number of hydrogen-bond donors (Lipinski definition) is 1. The van der Waals surface area contributed by atoms with Crippen LogP contribution in [0.5, 0.6) is 0 Å². The molecule has 0 spiro atoms. The Balaban J connectivity index is 1.57. The third-order valence-corrected chi connectivity index (χ3v) is 5.20. The number of nitrogens with zero attached hydrogens (tertiary/aromatic N) is 2. The lowest BCUT2D eigenvalue weighted by molar-refractivity contribution is -0.120. The zero-order valence-corrected chi connectivity index (χ0v) is 16.0. The molecule has 1 amide bonds. The predicted molar refractivity (Wildman–Crippen MR) is 103 cm³/mol. The Morgan fingerprint density at radius 2 is 1.96 bits per heavy atom. The first-order valence-corrected chi connectivity index (χ1v) is 9.57. The van der Waals surface area contributed by atoms with E-state index in [-0.39, 0.29) is 12.3 Å². The number of piperidine rings is 1. The molecular weight excluding hydrogens is 326 g/mol. The topological polar surface area (TPSA) is 58.4 Å². The van der Waals surface area contributed by atoms with Crippen LogP contribution in [0.25, 0.3) is 11.5 Å². The largest absolute Gasteiger partial charge is 0.441 e. The van der Waals surface area contributed by atoms with Gasteiger partial charge in [-0.2, -0.15) is 0 Å². The van der Waals surface area contributed by atoms with Crippen molar-refractivity contribution in [3.8, 4) is 11.5 Å². The Hall–Kier alpha value is -2.14. The van der Waals surface area contributed by atoms with Crippen molar-refractivity contribution in [2.45, 2.75) is 52.5 Å². The fourth-order valence-corrected chi connectivity index (χ4v) is 3.48. The van der Waals surface area contributed by atoms with Crippen LogP contribution in [0.4, 0.5) is 0 Å². The molecule has 0 radical (unpaired) electrons. The number of oxazole rings is 1. The molecule has 1 saturated heterocycles. The Kier molecular flexibility index (Phi) is 6.09. The maximum Gasteiger partial charge on any atom is 0.226 e. The highest BCUT2D eigenvalue weighted by molar-refractivity contribution is 5.78. The molecule has 1 atom stereocenters. The van der Waals surface area contributed by atoms with Crippen molar-refractivity contribution in [3.63, 3.8) is 0 Å². The Labute approximate surface area is 155 Å². The summed E-state index contributed by atoms with van der Waals surface area (Å²) < 4.78 is 5.80. The number of nitrogens with one attached hydrogen (secondary N) is 1. The summed E-state index contributed by atoms with van der Waals surface area (Å²) in [6, 6.07) is 8.36. The number of carbonyl (C=O) groups excluding carboxylic acids is 1. The number of likely N-dealkylation sites (tertiary alicyclic amines) is 1. The second kappa shape index (κ2) is 8.49. The van der Waals surface area contributed by atoms with Gasteiger partial charge in [0.2, 0.25) is 11.8 Å². The maximum atomic E-state index is 12.4. The first kappa shape index (κ1) is 18.6. The van der Waals surface area contributed by atoms with E-state index in [1.807, 2.05) is 38.1 Å². The number of hydrogen-bond acceptors (Lipinski definition) is 4. The standard InChI is InChI=1S/C21H29N3O2/c1-15-9-5-6-10-18(15)21-23-19(17(3)26-21)13-20(25)22-14-16(2)24-11-7-4-8-12-24/h5-6,9-10,16H,4,7-8,11-14H2,1-3H3,(H,22,25). The lowest BCUT2D eigenvalue weighted by atomic mass is 10.1. The van der Waals surface area contributed by atoms with Crippen LogP contribution in [-0.4, -0.2) is 41.5 Å². The van der Waals surface area contributed by atoms with Crippen LogP contribution < -0.4 is 5.32 Å². The zero-order chi connectivity index (χ0) is 18.5. The average molecular weight is 355 g/mol. The molecule has 1 fully saturated rings. The van der Waals surface area contributed by atoms with E-state index in [1.165, 1.54) is 19.3 Å². The average Bonchev–Trinajstić information content (AvgIpc) is 3.01. The minimum Gasteiger partial charge on any atom is -0.441 e. The SMILES string of the molecule is Cc1ccccc1-c1nc(CC(=O)NCC(C)N2CCCCC2)c(C)o1. The molecule has 2 aromatic rings. The minimum absolute atomic E-state index is 0.00148. The summed E-state index contributed by atoms with van der Waals surface area (Å²) in [5, 5.41) is 3.05. The van der Waals surface area contributed by atoms with E-state index in [9.17, 15) is 4.79 Å². The molecule has 0 saturated carbocycles. The van der Waals surface area contributed by atoms with Crippen LogP contribution in [-0.2, 0) is 11.2 Å². The van der Waals surface area contributed by atoms with Gasteiger partial charge in [0.25, 0.3) is 0 Å². The van der Waals surface area contributed by atoms with Crippen LogP contribution in [0, 0.1) is 13.8 Å². The van der Waals surface area contributed by atoms with Gasteiger partial charge in [-0.05, 0) is 58.3 Å². The van der Waals surface area contributed by atoms with Gasteiger partial charge in [0.15, 0.2) is 0 Å². The number of aryl methyl sites for hydroxylation is 2. The van der Waals surface area contributed by atoms with Gasteiger partial charge >= 0.3 is 0 Å². The molecule has 0 bridgehead atoms. The first-order valence-electron chi connectivity index (χ1n) is 9.57. The monoisotopic (exact) mass is 355 g/mol. The summed E-state index contributed by atoms with van der Waals surface area (Å²) in [5.74, 6) is 1.30. The van der Waals surface area contributed by atoms with Crippen molar-refractivity contribution in [1.82, 2.24) is 15.2 Å². The molecule has 5 nitrogen and oxygen atoms in total. The summed E-state index contributed by atoms with van der Waals surface area (Å²) in [5.41, 5.74) is 2.80. The van der Waals surface area contributed by atoms with Crippen LogP contribution in [0.15, 0.2) is 28.7 Å². The second-order valence-electron chi connectivity index (χ2n) is 7.26. The van der Waals surface area contributed by atoms with Crippen LogP contribution in [0.2, 0.25) is 0 Å². The summed E-state index contributed by atoms with van der Waals surface area (Å²) in [4.78, 5) is 19.4. The van der Waals surface area contributed by atoms with Crippen LogP contribution in [0.3, 0.4) is 0 Å². The second-order valence-corrected chi connectivity index (χ2v) is 7.26. The van der Waals surface area contributed by atoms with Gasteiger partial charge in [-0.25, -0.2) is 4.98 Å². The van der Waals surface area contributed by atoms with Crippen molar-refractivity contribution in [2.24, 2.45) is 0 Å². The van der Waals surface area contributed by atoms with Crippen LogP contribution >= 0.6 is 0 Å². The molecule has 140 valence electrons. The van der Waals surface area contributed by atoms with E-state index in [0.717, 1.165) is 24.2 Å². The molecule has 1 aliphatic heterocycles. The number of benzene rings is 1.